The third kappa shape index (κ3) is 14.6. The van der Waals surface area contributed by atoms with Gasteiger partial charge in [-0.1, -0.05) is 43.6 Å². The molecule has 28 nitrogen and oxygen atoms in total. The van der Waals surface area contributed by atoms with Crippen LogP contribution in [0.15, 0.2) is 108 Å². The number of fused-ring (bicyclic) bond motifs is 15. The van der Waals surface area contributed by atoms with Crippen molar-refractivity contribution in [3.05, 3.63) is 142 Å². The van der Waals surface area contributed by atoms with E-state index in [2.05, 4.69) is 42.5 Å². The Morgan fingerprint density at radius 2 is 1.26 bits per heavy atom. The Labute approximate surface area is 584 Å². The van der Waals surface area contributed by atoms with E-state index in [9.17, 15) is 48.6 Å². The number of amides is 8. The predicted octanol–water partition coefficient (Wildman–Crippen LogP) is 4.94. The van der Waals surface area contributed by atoms with Crippen molar-refractivity contribution in [2.45, 2.75) is 131 Å². The standard InChI is InChI=1S/C71H76ClN9O19S/c1-30(2)16-46(73-4)65(89)79-60-62(86)35-7-14-50(31(3)17-35)99-52-25-39-26-53(64(52)88)100-51-15-8-36(24-45(51)72)63(87)61-71(95)78-59(69(93)75-56-37-19-32-18-33(21-37)22-38(56)20-32)44-27-40(82)28-49(84)55(44)43-23-34(6-13-48(43)83)57(67(91)80-61)77-68(92)58(39)76-66(90)47(74-70(60)94)29-54(85)81-101(96,97)42-11-9-41(98-5)10-12-42/h6-15,17,23-28,30,32-33,37-38,46-47,56-63,73,82-84,86-88H,16,18-22,29H2,1-5H3,(H,74,94)(H,75,93)(H,76,90)(H,77,92)(H,78,95)(H,79,89)(H,80,91)(H,81,85)/t32?,33?,37?,38?,46-,47+,56?,57-,58-,59+,60-,61+,62-,63-/m1/s1. The molecule has 15 rings (SSSR count). The van der Waals surface area contributed by atoms with Crippen molar-refractivity contribution < 1.29 is 91.6 Å². The summed E-state index contributed by atoms with van der Waals surface area (Å²) in [5.74, 6) is -12.3. The quantitative estimate of drug-likeness (QED) is 0.0771. The molecule has 8 amide bonds. The number of sulfonamides is 1. The van der Waals surface area contributed by atoms with Crippen LogP contribution in [0.1, 0.15) is 123 Å². The van der Waals surface area contributed by atoms with Gasteiger partial charge in [-0.05, 0) is 194 Å². The molecular formula is C71H76ClN9O19S. The first-order valence-corrected chi connectivity index (χ1v) is 34.8. The van der Waals surface area contributed by atoms with E-state index >= 15 is 28.8 Å². The molecule has 4 saturated carbocycles. The second kappa shape index (κ2) is 28.4. The lowest BCUT2D eigenvalue weighted by atomic mass is 9.54. The Kier molecular flexibility index (Phi) is 19.9. The van der Waals surface area contributed by atoms with Crippen LogP contribution in [0.2, 0.25) is 5.02 Å². The highest BCUT2D eigenvalue weighted by atomic mass is 35.5. The summed E-state index contributed by atoms with van der Waals surface area (Å²) >= 11 is 6.97. The molecule has 0 spiro atoms. The maximum Gasteiger partial charge on any atom is 0.264 e. The Bertz CT molecular complexity index is 4430. The zero-order chi connectivity index (χ0) is 72.2. The minimum Gasteiger partial charge on any atom is -0.508 e. The van der Waals surface area contributed by atoms with Crippen molar-refractivity contribution in [2.75, 3.05) is 14.2 Å². The highest BCUT2D eigenvalue weighted by molar-refractivity contribution is 7.90. The molecule has 15 N–H and O–H groups in total. The molecule has 30 heteroatoms. The number of carbonyl (C=O) groups excluding carboxylic acids is 8. The minimum absolute atomic E-state index is 0.00504. The van der Waals surface area contributed by atoms with E-state index in [0.717, 1.165) is 80.6 Å². The van der Waals surface area contributed by atoms with Crippen LogP contribution in [0.3, 0.4) is 0 Å². The number of likely N-dealkylation sites (N-methyl/N-ethyl adjacent to an activating group) is 1. The number of phenols is 4. The summed E-state index contributed by atoms with van der Waals surface area (Å²) in [5.41, 5.74) is -1.44. The van der Waals surface area contributed by atoms with E-state index in [1.807, 2.05) is 18.6 Å². The number of rotatable bonds is 12. The third-order valence-electron chi connectivity index (χ3n) is 19.7. The first-order chi connectivity index (χ1) is 48.0. The van der Waals surface area contributed by atoms with Gasteiger partial charge < -0.3 is 87.4 Å². The highest BCUT2D eigenvalue weighted by Gasteiger charge is 2.50. The number of aliphatic hydroxyl groups excluding tert-OH is 2. The number of methoxy groups -OCH3 is 1. The normalized spacial score (nSPS) is 25.7. The Morgan fingerprint density at radius 1 is 0.644 bits per heavy atom. The van der Waals surface area contributed by atoms with Crippen molar-refractivity contribution in [1.29, 1.82) is 0 Å². The predicted molar refractivity (Wildman–Crippen MR) is 360 cm³/mol. The molecule has 0 saturated heterocycles. The van der Waals surface area contributed by atoms with Crippen LogP contribution in [0.4, 0.5) is 0 Å². The van der Waals surface area contributed by atoms with Gasteiger partial charge in [0, 0.05) is 23.2 Å². The van der Waals surface area contributed by atoms with E-state index in [1.54, 1.807) is 0 Å². The third-order valence-corrected chi connectivity index (χ3v) is 21.4. The number of hydrogen-bond acceptors (Lipinski definition) is 20. The van der Waals surface area contributed by atoms with Gasteiger partial charge in [0.2, 0.25) is 53.0 Å². The molecule has 4 aliphatic carbocycles. The average Bonchev–Trinajstić information content (AvgIpc) is 0.763. The topological polar surface area (TPSA) is 428 Å². The number of aromatic hydroxyl groups is 4. The number of hydrogen-bond donors (Lipinski definition) is 15. The number of phenolic OH excluding ortho intramolecular Hbond substituents is 4. The zero-order valence-corrected chi connectivity index (χ0v) is 56.8. The van der Waals surface area contributed by atoms with Crippen LogP contribution in [0, 0.1) is 36.5 Å². The minimum atomic E-state index is -4.78. The van der Waals surface area contributed by atoms with Crippen LogP contribution in [0.25, 0.3) is 11.1 Å². The summed E-state index contributed by atoms with van der Waals surface area (Å²) in [5, 5.41) is 93.1. The maximum atomic E-state index is 16.0. The van der Waals surface area contributed by atoms with Crippen LogP contribution >= 0.6 is 11.6 Å². The Balaban J connectivity index is 1.01. The lowest BCUT2D eigenvalue weighted by molar-refractivity contribution is -0.138. The number of carbonyl (C=O) groups is 8. The van der Waals surface area contributed by atoms with Crippen LogP contribution in [0.5, 0.6) is 51.7 Å². The van der Waals surface area contributed by atoms with Crippen molar-refractivity contribution in [2.24, 2.45) is 29.6 Å². The largest absolute Gasteiger partial charge is 0.508 e. The summed E-state index contributed by atoms with van der Waals surface area (Å²) in [6, 6.07) is 6.16. The molecule has 0 radical (unpaired) electrons. The molecule has 9 atom stereocenters. The van der Waals surface area contributed by atoms with Gasteiger partial charge in [-0.25, -0.2) is 13.1 Å². The summed E-state index contributed by atoms with van der Waals surface area (Å²) in [6.45, 7) is 5.21. The lowest BCUT2D eigenvalue weighted by Gasteiger charge is -2.54. The zero-order valence-electron chi connectivity index (χ0n) is 55.2. The molecule has 5 heterocycles. The summed E-state index contributed by atoms with van der Waals surface area (Å²) in [6.07, 6.45) is -0.534. The summed E-state index contributed by atoms with van der Waals surface area (Å²) in [7, 11) is -1.95. The first-order valence-electron chi connectivity index (χ1n) is 32.9. The smallest absolute Gasteiger partial charge is 0.264 e. The molecule has 0 unspecified atom stereocenters. The van der Waals surface area contributed by atoms with E-state index < -0.39 is 158 Å². The number of halogens is 1. The molecule has 0 aromatic heterocycles. The summed E-state index contributed by atoms with van der Waals surface area (Å²) < 4.78 is 47.4. The van der Waals surface area contributed by atoms with Crippen molar-refractivity contribution in [1.82, 2.24) is 47.3 Å². The molecule has 101 heavy (non-hydrogen) atoms. The lowest BCUT2D eigenvalue weighted by Crippen LogP contribution is -2.59. The maximum absolute atomic E-state index is 16.0. The van der Waals surface area contributed by atoms with Crippen LogP contribution < -0.4 is 61.5 Å². The molecule has 6 aromatic carbocycles. The van der Waals surface area contributed by atoms with E-state index in [0.29, 0.717) is 11.8 Å². The van der Waals surface area contributed by atoms with Gasteiger partial charge in [-0.15, -0.1) is 0 Å². The monoisotopic (exact) mass is 1430 g/mol. The van der Waals surface area contributed by atoms with Crippen LogP contribution in [-0.2, 0) is 48.4 Å². The molecule has 9 aliphatic rings. The Morgan fingerprint density at radius 3 is 1.89 bits per heavy atom. The molecular weight excluding hydrogens is 1350 g/mol. The fourth-order valence-electron chi connectivity index (χ4n) is 14.9. The second-order valence-electron chi connectivity index (χ2n) is 27.1. The van der Waals surface area contributed by atoms with Gasteiger partial charge in [0.05, 0.1) is 29.5 Å². The van der Waals surface area contributed by atoms with E-state index in [-0.39, 0.29) is 97.0 Å². The second-order valence-corrected chi connectivity index (χ2v) is 29.2. The van der Waals surface area contributed by atoms with Crippen molar-refractivity contribution in [3.8, 4) is 62.9 Å². The average molecular weight is 1430 g/mol. The molecule has 5 aliphatic heterocycles. The number of aryl methyl sites for hydroxylation is 1. The molecule has 4 fully saturated rings. The van der Waals surface area contributed by atoms with Gasteiger partial charge in [0.25, 0.3) is 10.0 Å². The fourth-order valence-corrected chi connectivity index (χ4v) is 16.2. The van der Waals surface area contributed by atoms with Crippen molar-refractivity contribution >= 4 is 68.9 Å². The fraction of sp³-hybridized carbons (Fsp3) is 0.380. The van der Waals surface area contributed by atoms with Gasteiger partial charge in [-0.3, -0.25) is 38.4 Å². The SMILES string of the molecule is CN[C@H](CC(C)C)C(=O)N[C@H]1C(=O)N[C@@H](CC(=O)NS(=O)(=O)c2ccc(OC)cc2)C(=O)N[C@H]2C(=O)N[C@H]3C(=O)N[C@H](C(=O)N[C@H](C(=O)NC4C5CC6CC(C5)CC4C6)c4cc(O)cc(O)c4-c4cc3ccc4O)[C@H](O)c3ccc(c(Cl)c3)Oc3cc2cc(c3O)Oc2ccc(cc2C)[C@H]1O. The Hall–Kier alpha value is -10.2. The number of ether oxygens (including phenoxy) is 3. The van der Waals surface area contributed by atoms with Crippen LogP contribution in [-0.4, -0.2) is 131 Å². The van der Waals surface area contributed by atoms with E-state index in [1.165, 1.54) is 75.7 Å². The highest BCUT2D eigenvalue weighted by Crippen LogP contribution is 2.54. The molecule has 6 aromatic rings. The van der Waals surface area contributed by atoms with Crippen molar-refractivity contribution in [3.63, 3.8) is 0 Å². The molecule has 532 valence electrons. The van der Waals surface area contributed by atoms with Gasteiger partial charge >= 0.3 is 0 Å². The first kappa shape index (κ1) is 70.7. The summed E-state index contributed by atoms with van der Waals surface area (Å²) in [4.78, 5) is 121. The van der Waals surface area contributed by atoms with Gasteiger partial charge in [0.1, 0.15) is 83.0 Å². The number of benzene rings is 6. The van der Waals surface area contributed by atoms with Gasteiger partial charge in [-0.2, -0.15) is 0 Å². The number of nitrogens with one attached hydrogen (secondary N) is 9. The number of aliphatic hydroxyl groups is 2. The van der Waals surface area contributed by atoms with Gasteiger partial charge in [0.15, 0.2) is 11.5 Å². The van der Waals surface area contributed by atoms with E-state index in [4.69, 9.17) is 25.8 Å². The molecule has 15 bridgehead atoms.